The van der Waals surface area contributed by atoms with Gasteiger partial charge in [-0.05, 0) is 48.2 Å². The number of aryl methyl sites for hydroxylation is 1. The Morgan fingerprint density at radius 2 is 1.77 bits per heavy atom. The van der Waals surface area contributed by atoms with Gasteiger partial charge in [-0.1, -0.05) is 32.0 Å². The molecule has 0 aliphatic rings. The predicted molar refractivity (Wildman–Crippen MR) is 103 cm³/mol. The highest BCUT2D eigenvalue weighted by Crippen LogP contribution is 2.29. The summed E-state index contributed by atoms with van der Waals surface area (Å²) in [4.78, 5) is 16.1. The number of carbonyl (C=O) groups excluding carboxylic acids is 1. The molecule has 0 spiro atoms. The maximum atomic E-state index is 12.1. The number of benzene rings is 1. The molecule has 0 saturated heterocycles. The molecule has 2 aromatic heterocycles. The molecular weight excluding hydrogens is 326 g/mol. The Kier molecular flexibility index (Phi) is 5.22. The van der Waals surface area contributed by atoms with E-state index in [1.807, 2.05) is 0 Å². The van der Waals surface area contributed by atoms with Crippen LogP contribution in [0.15, 0.2) is 54.9 Å². The lowest BCUT2D eigenvalue weighted by atomic mass is 9.98. The van der Waals surface area contributed by atoms with Crippen molar-refractivity contribution >= 4 is 23.2 Å². The van der Waals surface area contributed by atoms with Gasteiger partial charge in [0.05, 0.1) is 5.56 Å². The number of anilines is 3. The van der Waals surface area contributed by atoms with Gasteiger partial charge in [0.15, 0.2) is 11.6 Å². The van der Waals surface area contributed by atoms with Crippen LogP contribution in [0.1, 0.15) is 41.3 Å². The van der Waals surface area contributed by atoms with Gasteiger partial charge in [-0.15, -0.1) is 10.2 Å². The topological polar surface area (TPSA) is 79.8 Å². The monoisotopic (exact) mass is 347 g/mol. The molecule has 0 fully saturated rings. The molecule has 0 radical (unpaired) electrons. The predicted octanol–water partition coefficient (Wildman–Crippen LogP) is 4.30. The molecule has 0 unspecified atom stereocenters. The van der Waals surface area contributed by atoms with Crippen molar-refractivity contribution in [2.45, 2.75) is 26.7 Å². The highest BCUT2D eigenvalue weighted by atomic mass is 16.1. The van der Waals surface area contributed by atoms with Crippen LogP contribution >= 0.6 is 0 Å². The Balaban J connectivity index is 1.74. The third-order valence-corrected chi connectivity index (χ3v) is 4.01. The molecule has 6 nitrogen and oxygen atoms in total. The maximum absolute atomic E-state index is 12.1. The summed E-state index contributed by atoms with van der Waals surface area (Å²) in [5.74, 6) is 1.14. The highest BCUT2D eigenvalue weighted by Gasteiger charge is 2.11. The summed E-state index contributed by atoms with van der Waals surface area (Å²) in [5, 5.41) is 14.3. The van der Waals surface area contributed by atoms with Crippen LogP contribution in [0, 0.1) is 6.92 Å². The number of hydrogen-bond acceptors (Lipinski definition) is 5. The second-order valence-electron chi connectivity index (χ2n) is 6.32. The van der Waals surface area contributed by atoms with Gasteiger partial charge in [-0.3, -0.25) is 9.78 Å². The van der Waals surface area contributed by atoms with E-state index in [2.05, 4.69) is 64.8 Å². The van der Waals surface area contributed by atoms with Crippen LogP contribution in [0.4, 0.5) is 17.3 Å². The smallest absolute Gasteiger partial charge is 0.258 e. The minimum atomic E-state index is -0.269. The SMILES string of the molecule is Cc1cccc(C(C)C)c1Nc1ccc(NC(=O)c2cccnc2)nn1. The van der Waals surface area contributed by atoms with Gasteiger partial charge in [-0.25, -0.2) is 0 Å². The Labute approximate surface area is 152 Å². The quantitative estimate of drug-likeness (QED) is 0.719. The number of carbonyl (C=O) groups is 1. The lowest BCUT2D eigenvalue weighted by molar-refractivity contribution is 0.102. The average Bonchev–Trinajstić information content (AvgIpc) is 2.65. The van der Waals surface area contributed by atoms with Crippen molar-refractivity contribution in [2.24, 2.45) is 0 Å². The number of rotatable bonds is 5. The van der Waals surface area contributed by atoms with E-state index in [0.717, 1.165) is 11.3 Å². The minimum absolute atomic E-state index is 0.269. The van der Waals surface area contributed by atoms with Crippen molar-refractivity contribution in [3.63, 3.8) is 0 Å². The summed E-state index contributed by atoms with van der Waals surface area (Å²) >= 11 is 0. The summed E-state index contributed by atoms with van der Waals surface area (Å²) in [6, 6.07) is 13.1. The molecule has 1 amide bonds. The van der Waals surface area contributed by atoms with Crippen LogP contribution in [0.2, 0.25) is 0 Å². The van der Waals surface area contributed by atoms with E-state index in [1.165, 1.54) is 11.8 Å². The summed E-state index contributed by atoms with van der Waals surface area (Å²) in [5.41, 5.74) is 3.88. The number of nitrogens with zero attached hydrogens (tertiary/aromatic N) is 3. The van der Waals surface area contributed by atoms with Crippen molar-refractivity contribution in [1.82, 2.24) is 15.2 Å². The van der Waals surface area contributed by atoms with Gasteiger partial charge in [-0.2, -0.15) is 0 Å². The van der Waals surface area contributed by atoms with Crippen LogP contribution in [0.25, 0.3) is 0 Å². The van der Waals surface area contributed by atoms with Gasteiger partial charge in [0.1, 0.15) is 0 Å². The molecule has 0 saturated carbocycles. The molecule has 26 heavy (non-hydrogen) atoms. The van der Waals surface area contributed by atoms with Crippen LogP contribution < -0.4 is 10.6 Å². The summed E-state index contributed by atoms with van der Waals surface area (Å²) < 4.78 is 0. The fraction of sp³-hybridized carbons (Fsp3) is 0.200. The van der Waals surface area contributed by atoms with Crippen LogP contribution in [-0.4, -0.2) is 21.1 Å². The minimum Gasteiger partial charge on any atom is -0.338 e. The molecule has 0 aliphatic heterocycles. The van der Waals surface area contributed by atoms with Crippen molar-refractivity contribution in [3.8, 4) is 0 Å². The number of aromatic nitrogens is 3. The number of pyridine rings is 1. The van der Waals surface area contributed by atoms with E-state index in [9.17, 15) is 4.79 Å². The molecular formula is C20H21N5O. The first-order valence-electron chi connectivity index (χ1n) is 8.46. The molecule has 0 bridgehead atoms. The lowest BCUT2D eigenvalue weighted by Gasteiger charge is -2.16. The van der Waals surface area contributed by atoms with Gasteiger partial charge in [0.2, 0.25) is 0 Å². The highest BCUT2D eigenvalue weighted by molar-refractivity contribution is 6.03. The van der Waals surface area contributed by atoms with Gasteiger partial charge >= 0.3 is 0 Å². The van der Waals surface area contributed by atoms with E-state index in [1.54, 1.807) is 30.5 Å². The van der Waals surface area contributed by atoms with E-state index < -0.39 is 0 Å². The standard InChI is InChI=1S/C20H21N5O/c1-13(2)16-8-4-6-14(3)19(16)22-17-9-10-18(25-24-17)23-20(26)15-7-5-11-21-12-15/h4-13H,1-3H3,(H,22,24)(H,23,25,26). The second kappa shape index (κ2) is 7.74. The Bertz CT molecular complexity index is 892. The van der Waals surface area contributed by atoms with Crippen molar-refractivity contribution in [2.75, 3.05) is 10.6 Å². The Morgan fingerprint density at radius 3 is 2.42 bits per heavy atom. The molecule has 3 rings (SSSR count). The van der Waals surface area contributed by atoms with Gasteiger partial charge < -0.3 is 10.6 Å². The van der Waals surface area contributed by atoms with E-state index in [-0.39, 0.29) is 5.91 Å². The molecule has 3 aromatic rings. The van der Waals surface area contributed by atoms with Gasteiger partial charge in [0, 0.05) is 18.1 Å². The number of amides is 1. The first-order valence-corrected chi connectivity index (χ1v) is 8.46. The lowest BCUT2D eigenvalue weighted by Crippen LogP contribution is -2.13. The summed E-state index contributed by atoms with van der Waals surface area (Å²) in [6.45, 7) is 6.37. The fourth-order valence-corrected chi connectivity index (χ4v) is 2.62. The third kappa shape index (κ3) is 4.03. The summed E-state index contributed by atoms with van der Waals surface area (Å²) in [7, 11) is 0. The molecule has 0 atom stereocenters. The Morgan fingerprint density at radius 1 is 1.00 bits per heavy atom. The average molecular weight is 347 g/mol. The third-order valence-electron chi connectivity index (χ3n) is 4.01. The van der Waals surface area contributed by atoms with Crippen molar-refractivity contribution in [1.29, 1.82) is 0 Å². The zero-order valence-corrected chi connectivity index (χ0v) is 15.0. The molecule has 6 heteroatoms. The summed E-state index contributed by atoms with van der Waals surface area (Å²) in [6.07, 6.45) is 3.12. The first-order chi connectivity index (χ1) is 12.5. The first kappa shape index (κ1) is 17.5. The van der Waals surface area contributed by atoms with Crippen LogP contribution in [0.5, 0.6) is 0 Å². The fourth-order valence-electron chi connectivity index (χ4n) is 2.62. The molecule has 2 heterocycles. The van der Waals surface area contributed by atoms with Crippen molar-refractivity contribution < 1.29 is 4.79 Å². The van der Waals surface area contributed by atoms with E-state index in [4.69, 9.17) is 0 Å². The molecule has 132 valence electrons. The number of hydrogen-bond donors (Lipinski definition) is 2. The normalized spacial score (nSPS) is 10.6. The van der Waals surface area contributed by atoms with E-state index >= 15 is 0 Å². The number of para-hydroxylation sites is 1. The molecule has 0 aliphatic carbocycles. The molecule has 2 N–H and O–H groups in total. The number of nitrogens with one attached hydrogen (secondary N) is 2. The van der Waals surface area contributed by atoms with E-state index in [0.29, 0.717) is 23.1 Å². The van der Waals surface area contributed by atoms with Gasteiger partial charge in [0.25, 0.3) is 5.91 Å². The second-order valence-corrected chi connectivity index (χ2v) is 6.32. The van der Waals surface area contributed by atoms with Crippen molar-refractivity contribution in [3.05, 3.63) is 71.5 Å². The molecule has 1 aromatic carbocycles. The zero-order valence-electron chi connectivity index (χ0n) is 15.0. The largest absolute Gasteiger partial charge is 0.338 e. The zero-order chi connectivity index (χ0) is 18.5. The maximum Gasteiger partial charge on any atom is 0.258 e. The van der Waals surface area contributed by atoms with Crippen LogP contribution in [-0.2, 0) is 0 Å². The Hall–Kier alpha value is -3.28. The van der Waals surface area contributed by atoms with Crippen LogP contribution in [0.3, 0.4) is 0 Å².